The van der Waals surface area contributed by atoms with Crippen LogP contribution >= 0.6 is 27.5 Å². The van der Waals surface area contributed by atoms with Gasteiger partial charge in [-0.1, -0.05) is 0 Å². The summed E-state index contributed by atoms with van der Waals surface area (Å²) in [7, 11) is 0. The molecule has 2 rings (SSSR count). The molecular weight excluding hydrogens is 332 g/mol. The molecule has 0 N–H and O–H groups in total. The minimum absolute atomic E-state index is 0.0324. The van der Waals surface area contributed by atoms with Gasteiger partial charge in [-0.3, -0.25) is 9.59 Å². The van der Waals surface area contributed by atoms with Crippen LogP contribution in [-0.4, -0.2) is 45.2 Å². The van der Waals surface area contributed by atoms with Gasteiger partial charge in [-0.2, -0.15) is 0 Å². The van der Waals surface area contributed by atoms with Gasteiger partial charge in [0.25, 0.3) is 4.82 Å². The average Bonchev–Trinajstić information content (AvgIpc) is 2.71. The molecule has 6 heteroatoms. The van der Waals surface area contributed by atoms with Crippen molar-refractivity contribution < 1.29 is 9.59 Å². The van der Waals surface area contributed by atoms with Crippen molar-refractivity contribution in [2.45, 2.75) is 58.0 Å². The van der Waals surface area contributed by atoms with E-state index in [1.807, 2.05) is 4.90 Å². The number of likely N-dealkylation sites (tertiary alicyclic amines) is 2. The first kappa shape index (κ1) is 16.8. The highest BCUT2D eigenvalue weighted by Gasteiger charge is 2.29. The van der Waals surface area contributed by atoms with E-state index in [0.29, 0.717) is 12.1 Å². The van der Waals surface area contributed by atoms with Crippen LogP contribution in [-0.2, 0) is 0 Å². The summed E-state index contributed by atoms with van der Waals surface area (Å²) in [5, 5.41) is -0.297. The maximum atomic E-state index is 10.9. The molecular formula is C13H22BrClN2O2. The number of amides is 2. The topological polar surface area (TPSA) is 40.6 Å². The van der Waals surface area contributed by atoms with Crippen molar-refractivity contribution in [1.29, 1.82) is 0 Å². The van der Waals surface area contributed by atoms with Crippen LogP contribution in [0, 0.1) is 0 Å². The molecule has 2 heterocycles. The SMILES string of the molecule is CC1CCC(C)N1C(=O)Br.O=C(Cl)N1CCCCC1. The third kappa shape index (κ3) is 5.30. The van der Waals surface area contributed by atoms with Crippen molar-refractivity contribution in [3.8, 4) is 0 Å². The minimum atomic E-state index is -0.297. The van der Waals surface area contributed by atoms with Crippen molar-refractivity contribution in [2.75, 3.05) is 13.1 Å². The lowest BCUT2D eigenvalue weighted by atomic mass is 10.1. The molecule has 19 heavy (non-hydrogen) atoms. The molecule has 2 fully saturated rings. The van der Waals surface area contributed by atoms with Gasteiger partial charge in [0, 0.05) is 41.1 Å². The molecule has 0 bridgehead atoms. The molecule has 2 aliphatic rings. The molecule has 4 nitrogen and oxygen atoms in total. The van der Waals surface area contributed by atoms with Crippen LogP contribution in [0.1, 0.15) is 46.0 Å². The normalized spacial score (nSPS) is 26.7. The lowest BCUT2D eigenvalue weighted by molar-refractivity contribution is 0.207. The predicted octanol–water partition coefficient (Wildman–Crippen LogP) is 4.21. The molecule has 0 aliphatic carbocycles. The number of rotatable bonds is 0. The third-order valence-corrected chi connectivity index (χ3v) is 4.41. The first-order valence-corrected chi connectivity index (χ1v) is 8.02. The van der Waals surface area contributed by atoms with Crippen LogP contribution in [0.25, 0.3) is 0 Å². The summed E-state index contributed by atoms with van der Waals surface area (Å²) in [6.07, 6.45) is 5.73. The molecule has 2 unspecified atom stereocenters. The Morgan fingerprint density at radius 3 is 1.79 bits per heavy atom. The van der Waals surface area contributed by atoms with Crippen LogP contribution in [0.3, 0.4) is 0 Å². The quantitative estimate of drug-likeness (QED) is 0.483. The Hall–Kier alpha value is -0.290. The Balaban J connectivity index is 0.000000191. The van der Waals surface area contributed by atoms with Crippen LogP contribution in [0.5, 0.6) is 0 Å². The summed E-state index contributed by atoms with van der Waals surface area (Å²) in [5.74, 6) is 0. The highest BCUT2D eigenvalue weighted by atomic mass is 79.9. The molecule has 0 radical (unpaired) electrons. The number of carbonyl (C=O) groups is 2. The second kappa shape index (κ2) is 8.10. The zero-order valence-corrected chi connectivity index (χ0v) is 13.9. The summed E-state index contributed by atoms with van der Waals surface area (Å²) in [4.78, 5) is 25.0. The maximum Gasteiger partial charge on any atom is 0.316 e. The molecule has 0 aromatic rings. The number of halogens is 2. The number of piperidine rings is 1. The first-order valence-electron chi connectivity index (χ1n) is 6.85. The van der Waals surface area contributed by atoms with Crippen molar-refractivity contribution in [1.82, 2.24) is 9.80 Å². The maximum absolute atomic E-state index is 10.9. The third-order valence-electron chi connectivity index (χ3n) is 3.76. The summed E-state index contributed by atoms with van der Waals surface area (Å²) in [6, 6.07) is 0.837. The van der Waals surface area contributed by atoms with E-state index >= 15 is 0 Å². The van der Waals surface area contributed by atoms with Crippen LogP contribution in [0.4, 0.5) is 9.59 Å². The summed E-state index contributed by atoms with van der Waals surface area (Å²) < 4.78 is 0. The fraction of sp³-hybridized carbons (Fsp3) is 0.846. The van der Waals surface area contributed by atoms with Crippen molar-refractivity contribution in [3.63, 3.8) is 0 Å². The van der Waals surface area contributed by atoms with Gasteiger partial charge >= 0.3 is 5.37 Å². The van der Waals surface area contributed by atoms with Crippen LogP contribution in [0.15, 0.2) is 0 Å². The van der Waals surface area contributed by atoms with E-state index in [1.54, 1.807) is 4.90 Å². The summed E-state index contributed by atoms with van der Waals surface area (Å²) in [6.45, 7) is 5.87. The van der Waals surface area contributed by atoms with Gasteiger partial charge < -0.3 is 9.80 Å². The van der Waals surface area contributed by atoms with Gasteiger partial charge in [0.05, 0.1) is 0 Å². The Labute approximate surface area is 128 Å². The zero-order chi connectivity index (χ0) is 14.4. The second-order valence-electron chi connectivity index (χ2n) is 5.24. The molecule has 2 saturated heterocycles. The lowest BCUT2D eigenvalue weighted by Crippen LogP contribution is -2.34. The largest absolute Gasteiger partial charge is 0.329 e. The second-order valence-corrected chi connectivity index (χ2v) is 6.24. The molecule has 0 aromatic carbocycles. The number of carbonyl (C=O) groups excluding carboxylic acids is 2. The molecule has 0 spiro atoms. The van der Waals surface area contributed by atoms with E-state index in [0.717, 1.165) is 38.8 Å². The monoisotopic (exact) mass is 352 g/mol. The van der Waals surface area contributed by atoms with Crippen LogP contribution < -0.4 is 0 Å². The van der Waals surface area contributed by atoms with E-state index in [2.05, 4.69) is 29.8 Å². The van der Waals surface area contributed by atoms with Crippen molar-refractivity contribution >= 4 is 37.7 Å². The van der Waals surface area contributed by atoms with E-state index in [9.17, 15) is 9.59 Å². The van der Waals surface area contributed by atoms with E-state index in [1.165, 1.54) is 6.42 Å². The fourth-order valence-corrected chi connectivity index (χ4v) is 3.48. The Morgan fingerprint density at radius 2 is 1.53 bits per heavy atom. The Kier molecular flexibility index (Phi) is 7.15. The van der Waals surface area contributed by atoms with Gasteiger partial charge in [0.1, 0.15) is 0 Å². The zero-order valence-electron chi connectivity index (χ0n) is 11.6. The highest BCUT2D eigenvalue weighted by Crippen LogP contribution is 2.25. The van der Waals surface area contributed by atoms with E-state index < -0.39 is 0 Å². The smallest absolute Gasteiger partial charge is 0.316 e. The van der Waals surface area contributed by atoms with Gasteiger partial charge in [-0.25, -0.2) is 0 Å². The Morgan fingerprint density at radius 1 is 1.05 bits per heavy atom. The molecule has 2 atom stereocenters. The standard InChI is InChI=1S/C7H12BrNO.C6H10ClNO/c1-5-3-4-6(2)9(5)7(8)10;7-6(9)8-4-2-1-3-5-8/h5-6H,3-4H2,1-2H3;1-5H2. The summed E-state index contributed by atoms with van der Waals surface area (Å²) >= 11 is 8.21. The number of nitrogens with zero attached hydrogens (tertiary/aromatic N) is 2. The minimum Gasteiger partial charge on any atom is -0.329 e. The predicted molar refractivity (Wildman–Crippen MR) is 81.0 cm³/mol. The Bertz CT molecular complexity index is 312. The van der Waals surface area contributed by atoms with E-state index in [4.69, 9.17) is 11.6 Å². The number of hydrogen-bond donors (Lipinski definition) is 0. The lowest BCUT2D eigenvalue weighted by Gasteiger charge is -2.23. The first-order chi connectivity index (χ1) is 8.93. The molecule has 2 aliphatic heterocycles. The van der Waals surface area contributed by atoms with Crippen molar-refractivity contribution in [3.05, 3.63) is 0 Å². The molecule has 110 valence electrons. The van der Waals surface area contributed by atoms with Crippen molar-refractivity contribution in [2.24, 2.45) is 0 Å². The molecule has 0 aromatic heterocycles. The molecule has 0 saturated carbocycles. The average molecular weight is 354 g/mol. The van der Waals surface area contributed by atoms with Gasteiger partial charge in [-0.15, -0.1) is 0 Å². The van der Waals surface area contributed by atoms with Crippen LogP contribution in [0.2, 0.25) is 0 Å². The van der Waals surface area contributed by atoms with Gasteiger partial charge in [0.15, 0.2) is 0 Å². The molecule has 2 amide bonds. The number of hydrogen-bond acceptors (Lipinski definition) is 2. The van der Waals surface area contributed by atoms with Gasteiger partial charge in [-0.05, 0) is 57.6 Å². The van der Waals surface area contributed by atoms with E-state index in [-0.39, 0.29) is 10.2 Å². The summed E-state index contributed by atoms with van der Waals surface area (Å²) in [5.41, 5.74) is 0. The fourth-order valence-electron chi connectivity index (χ4n) is 2.61. The highest BCUT2D eigenvalue weighted by molar-refractivity contribution is 9.18. The van der Waals surface area contributed by atoms with Gasteiger partial charge in [0.2, 0.25) is 0 Å².